The molecule has 1 aromatic rings. The highest BCUT2D eigenvalue weighted by Gasteiger charge is 2.35. The van der Waals surface area contributed by atoms with Gasteiger partial charge in [0.2, 0.25) is 0 Å². The molecule has 0 aromatic heterocycles. The smallest absolute Gasteiger partial charge is 0.253 e. The summed E-state index contributed by atoms with van der Waals surface area (Å²) in [4.78, 5) is 19.4. The third-order valence-electron chi connectivity index (χ3n) is 5.32. The van der Waals surface area contributed by atoms with Gasteiger partial charge < -0.3 is 14.5 Å². The molecular formula is C20H28N4O2. The summed E-state index contributed by atoms with van der Waals surface area (Å²) < 4.78 is 6.10. The van der Waals surface area contributed by atoms with Crippen LogP contribution in [0.3, 0.4) is 0 Å². The average Bonchev–Trinajstić information content (AvgIpc) is 2.87. The first kappa shape index (κ1) is 18.8. The average molecular weight is 356 g/mol. The van der Waals surface area contributed by atoms with Gasteiger partial charge >= 0.3 is 0 Å². The van der Waals surface area contributed by atoms with Crippen LogP contribution in [0.15, 0.2) is 24.3 Å². The lowest BCUT2D eigenvalue weighted by Crippen LogP contribution is -2.49. The maximum absolute atomic E-state index is 12.8. The number of likely N-dealkylation sites (N-methyl/N-ethyl adjacent to an activating group) is 1. The third kappa shape index (κ3) is 4.61. The van der Waals surface area contributed by atoms with Gasteiger partial charge in [0.15, 0.2) is 0 Å². The summed E-state index contributed by atoms with van der Waals surface area (Å²) >= 11 is 0. The summed E-state index contributed by atoms with van der Waals surface area (Å²) in [6.45, 7) is 6.23. The van der Waals surface area contributed by atoms with Crippen LogP contribution in [0, 0.1) is 17.2 Å². The number of benzene rings is 1. The van der Waals surface area contributed by atoms with Gasteiger partial charge in [0.1, 0.15) is 0 Å². The molecular weight excluding hydrogens is 328 g/mol. The van der Waals surface area contributed by atoms with Crippen molar-refractivity contribution in [1.82, 2.24) is 14.7 Å². The van der Waals surface area contributed by atoms with Gasteiger partial charge in [-0.3, -0.25) is 9.69 Å². The first-order valence-corrected chi connectivity index (χ1v) is 9.35. The second kappa shape index (κ2) is 8.63. The number of fused-ring (bicyclic) bond motifs is 1. The molecule has 2 saturated heterocycles. The van der Waals surface area contributed by atoms with Gasteiger partial charge in [-0.15, -0.1) is 0 Å². The number of nitriles is 1. The van der Waals surface area contributed by atoms with Crippen molar-refractivity contribution in [2.24, 2.45) is 5.92 Å². The lowest BCUT2D eigenvalue weighted by Gasteiger charge is -2.38. The number of piperidine rings is 1. The summed E-state index contributed by atoms with van der Waals surface area (Å²) in [7, 11) is 4.20. The van der Waals surface area contributed by atoms with Crippen molar-refractivity contribution in [3.8, 4) is 6.07 Å². The van der Waals surface area contributed by atoms with E-state index in [1.807, 2.05) is 4.90 Å². The minimum absolute atomic E-state index is 0.00198. The number of nitrogens with zero attached hydrogens (tertiary/aromatic N) is 4. The highest BCUT2D eigenvalue weighted by atomic mass is 16.5. The van der Waals surface area contributed by atoms with Crippen molar-refractivity contribution < 1.29 is 9.53 Å². The number of hydrogen-bond donors (Lipinski definition) is 0. The summed E-state index contributed by atoms with van der Waals surface area (Å²) in [6, 6.07) is 9.04. The Bertz CT molecular complexity index is 670. The van der Waals surface area contributed by atoms with Crippen LogP contribution in [0.1, 0.15) is 22.3 Å². The molecule has 140 valence electrons. The Labute approximate surface area is 155 Å². The predicted octanol–water partition coefficient (Wildman–Crippen LogP) is 1.28. The monoisotopic (exact) mass is 356 g/mol. The molecule has 26 heavy (non-hydrogen) atoms. The molecule has 0 N–H and O–H groups in total. The van der Waals surface area contributed by atoms with E-state index in [0.29, 0.717) is 23.6 Å². The highest BCUT2D eigenvalue weighted by molar-refractivity contribution is 5.94. The van der Waals surface area contributed by atoms with Gasteiger partial charge in [-0.25, -0.2) is 0 Å². The van der Waals surface area contributed by atoms with E-state index in [2.05, 4.69) is 30.0 Å². The second-order valence-corrected chi connectivity index (χ2v) is 7.51. The standard InChI is InChI=1S/C20H28N4O2/c1-22(2)8-9-23-10-11-26-19-15-24(7-6-18(19)14-23)20(25)17-5-3-4-16(12-17)13-21/h3-5,12,18-19H,6-11,14-15H2,1-2H3/t18-,19-/m1/s1. The van der Waals surface area contributed by atoms with Crippen LogP contribution in [0.2, 0.25) is 0 Å². The molecule has 0 aliphatic carbocycles. The number of rotatable bonds is 4. The van der Waals surface area contributed by atoms with Gasteiger partial charge in [0.05, 0.1) is 24.3 Å². The summed E-state index contributed by atoms with van der Waals surface area (Å²) in [5.41, 5.74) is 1.11. The fraction of sp³-hybridized carbons (Fsp3) is 0.600. The van der Waals surface area contributed by atoms with E-state index in [-0.39, 0.29) is 12.0 Å². The molecule has 2 aliphatic heterocycles. The molecule has 0 bridgehead atoms. The molecule has 2 fully saturated rings. The normalized spacial score (nSPS) is 24.0. The van der Waals surface area contributed by atoms with Crippen LogP contribution in [-0.2, 0) is 4.74 Å². The van der Waals surface area contributed by atoms with Gasteiger partial charge in [0.25, 0.3) is 5.91 Å². The Hall–Kier alpha value is -1.94. The number of amides is 1. The van der Waals surface area contributed by atoms with Crippen LogP contribution in [0.25, 0.3) is 0 Å². The van der Waals surface area contributed by atoms with Gasteiger partial charge in [0, 0.05) is 50.7 Å². The maximum atomic E-state index is 12.8. The molecule has 6 nitrogen and oxygen atoms in total. The zero-order valence-corrected chi connectivity index (χ0v) is 15.7. The summed E-state index contributed by atoms with van der Waals surface area (Å²) in [5, 5.41) is 9.04. The fourth-order valence-electron chi connectivity index (χ4n) is 3.75. The minimum atomic E-state index is -0.00198. The fourth-order valence-corrected chi connectivity index (χ4v) is 3.75. The molecule has 1 aromatic carbocycles. The van der Waals surface area contributed by atoms with Crippen molar-refractivity contribution in [3.05, 3.63) is 35.4 Å². The Morgan fingerprint density at radius 1 is 1.35 bits per heavy atom. The van der Waals surface area contributed by atoms with Crippen molar-refractivity contribution in [3.63, 3.8) is 0 Å². The summed E-state index contributed by atoms with van der Waals surface area (Å²) in [5.74, 6) is 0.479. The number of carbonyl (C=O) groups is 1. The van der Waals surface area contributed by atoms with Crippen molar-refractivity contribution in [1.29, 1.82) is 5.26 Å². The molecule has 0 unspecified atom stereocenters. The molecule has 0 radical (unpaired) electrons. The van der Waals surface area contributed by atoms with Crippen molar-refractivity contribution in [2.45, 2.75) is 12.5 Å². The molecule has 2 aliphatic rings. The van der Waals surface area contributed by atoms with Crippen LogP contribution in [0.4, 0.5) is 0 Å². The maximum Gasteiger partial charge on any atom is 0.253 e. The number of likely N-dealkylation sites (tertiary alicyclic amines) is 1. The SMILES string of the molecule is CN(C)CCN1CCO[C@@H]2CN(C(=O)c3cccc(C#N)c3)CC[C@@H]2C1. The minimum Gasteiger partial charge on any atom is -0.375 e. The van der Waals surface area contributed by atoms with Gasteiger partial charge in [-0.1, -0.05) is 6.07 Å². The second-order valence-electron chi connectivity index (χ2n) is 7.51. The number of carbonyl (C=O) groups excluding carboxylic acids is 1. The quantitative estimate of drug-likeness (QED) is 0.813. The van der Waals surface area contributed by atoms with E-state index < -0.39 is 0 Å². The van der Waals surface area contributed by atoms with Gasteiger partial charge in [-0.05, 0) is 38.7 Å². The van der Waals surface area contributed by atoms with E-state index in [1.165, 1.54) is 0 Å². The largest absolute Gasteiger partial charge is 0.375 e. The van der Waals surface area contributed by atoms with Crippen molar-refractivity contribution in [2.75, 3.05) is 60.0 Å². The lowest BCUT2D eigenvalue weighted by molar-refractivity contribution is -0.0171. The topological polar surface area (TPSA) is 59.8 Å². The Kier molecular flexibility index (Phi) is 6.25. The first-order chi connectivity index (χ1) is 12.6. The van der Waals surface area contributed by atoms with E-state index in [0.717, 1.165) is 45.8 Å². The first-order valence-electron chi connectivity index (χ1n) is 9.35. The number of hydrogen-bond acceptors (Lipinski definition) is 5. The van der Waals surface area contributed by atoms with Crippen molar-refractivity contribution >= 4 is 5.91 Å². The molecule has 2 atom stereocenters. The molecule has 0 spiro atoms. The molecule has 6 heteroatoms. The predicted molar refractivity (Wildman–Crippen MR) is 99.9 cm³/mol. The zero-order valence-electron chi connectivity index (χ0n) is 15.7. The summed E-state index contributed by atoms with van der Waals surface area (Å²) in [6.07, 6.45) is 1.07. The van der Waals surface area contributed by atoms with Crippen LogP contribution in [0.5, 0.6) is 0 Å². The van der Waals surface area contributed by atoms with E-state index in [1.54, 1.807) is 24.3 Å². The molecule has 1 amide bonds. The number of ether oxygens (including phenoxy) is 1. The van der Waals surface area contributed by atoms with E-state index in [9.17, 15) is 4.79 Å². The molecule has 3 rings (SSSR count). The molecule has 2 heterocycles. The zero-order chi connectivity index (χ0) is 18.5. The van der Waals surface area contributed by atoms with Crippen LogP contribution < -0.4 is 0 Å². The lowest BCUT2D eigenvalue weighted by atomic mass is 9.92. The van der Waals surface area contributed by atoms with Crippen LogP contribution in [-0.4, -0.2) is 86.7 Å². The van der Waals surface area contributed by atoms with E-state index in [4.69, 9.17) is 10.00 Å². The van der Waals surface area contributed by atoms with Crippen LogP contribution >= 0.6 is 0 Å². The Balaban J connectivity index is 1.61. The Morgan fingerprint density at radius 3 is 2.96 bits per heavy atom. The highest BCUT2D eigenvalue weighted by Crippen LogP contribution is 2.25. The molecule has 0 saturated carbocycles. The van der Waals surface area contributed by atoms with E-state index >= 15 is 0 Å². The Morgan fingerprint density at radius 2 is 2.19 bits per heavy atom. The third-order valence-corrected chi connectivity index (χ3v) is 5.32. The van der Waals surface area contributed by atoms with Gasteiger partial charge in [-0.2, -0.15) is 5.26 Å².